The predicted molar refractivity (Wildman–Crippen MR) is 74.1 cm³/mol. The van der Waals surface area contributed by atoms with Gasteiger partial charge in [0.25, 0.3) is 0 Å². The third-order valence-corrected chi connectivity index (χ3v) is 4.08. The summed E-state index contributed by atoms with van der Waals surface area (Å²) in [6.07, 6.45) is 1.38. The second-order valence-electron chi connectivity index (χ2n) is 6.42. The Morgan fingerprint density at radius 2 is 1.82 bits per heavy atom. The van der Waals surface area contributed by atoms with Crippen LogP contribution in [0.2, 0.25) is 0 Å². The van der Waals surface area contributed by atoms with Crippen LogP contribution in [0.15, 0.2) is 24.3 Å². The Kier molecular flexibility index (Phi) is 3.58. The third-order valence-electron chi connectivity index (χ3n) is 4.08. The highest BCUT2D eigenvalue weighted by Gasteiger charge is 2.44. The Balaban J connectivity index is 1.76. The van der Waals surface area contributed by atoms with Crippen molar-refractivity contribution in [3.05, 3.63) is 35.4 Å². The van der Waals surface area contributed by atoms with Crippen LogP contribution in [0.4, 0.5) is 0 Å². The fourth-order valence-corrected chi connectivity index (χ4v) is 2.34. The van der Waals surface area contributed by atoms with Gasteiger partial charge in [0.15, 0.2) is 0 Å². The quantitative estimate of drug-likeness (QED) is 0.809. The summed E-state index contributed by atoms with van der Waals surface area (Å²) in [6, 6.07) is 9.01. The summed E-state index contributed by atoms with van der Waals surface area (Å²) in [6.45, 7) is 11.4. The summed E-state index contributed by atoms with van der Waals surface area (Å²) in [5.74, 6) is 1.52. The van der Waals surface area contributed by atoms with Gasteiger partial charge in [0.2, 0.25) is 0 Å². The lowest BCUT2D eigenvalue weighted by molar-refractivity contribution is 0.519. The van der Waals surface area contributed by atoms with Crippen LogP contribution in [0.1, 0.15) is 51.2 Å². The van der Waals surface area contributed by atoms with Crippen LogP contribution in [-0.4, -0.2) is 6.54 Å². The molecule has 94 valence electrons. The summed E-state index contributed by atoms with van der Waals surface area (Å²) in [7, 11) is 0. The molecule has 1 saturated carbocycles. The number of nitrogens with one attached hydrogen (secondary N) is 1. The number of rotatable bonds is 5. The molecule has 1 atom stereocenters. The fourth-order valence-electron chi connectivity index (χ4n) is 2.34. The summed E-state index contributed by atoms with van der Waals surface area (Å²) in [4.78, 5) is 0. The molecule has 17 heavy (non-hydrogen) atoms. The van der Waals surface area contributed by atoms with Crippen LogP contribution in [-0.2, 0) is 6.54 Å². The van der Waals surface area contributed by atoms with E-state index in [9.17, 15) is 0 Å². The number of hydrogen-bond donors (Lipinski definition) is 1. The zero-order valence-electron chi connectivity index (χ0n) is 11.6. The van der Waals surface area contributed by atoms with Crippen molar-refractivity contribution in [2.24, 2.45) is 11.3 Å². The molecule has 1 aromatic carbocycles. The normalized spacial score (nSPS) is 21.8. The molecule has 1 N–H and O–H groups in total. The number of hydrogen-bond acceptors (Lipinski definition) is 1. The molecule has 0 bridgehead atoms. The van der Waals surface area contributed by atoms with Gasteiger partial charge >= 0.3 is 0 Å². The molecule has 1 fully saturated rings. The predicted octanol–water partition coefficient (Wildman–Crippen LogP) is 3.95. The first-order valence-electron chi connectivity index (χ1n) is 6.78. The van der Waals surface area contributed by atoms with Gasteiger partial charge in [0, 0.05) is 6.54 Å². The molecule has 2 rings (SSSR count). The molecular weight excluding hydrogens is 206 g/mol. The Morgan fingerprint density at radius 1 is 1.24 bits per heavy atom. The van der Waals surface area contributed by atoms with E-state index in [0.717, 1.165) is 12.5 Å². The first-order chi connectivity index (χ1) is 7.99. The van der Waals surface area contributed by atoms with Crippen LogP contribution in [0.5, 0.6) is 0 Å². The van der Waals surface area contributed by atoms with Crippen LogP contribution in [0.25, 0.3) is 0 Å². The van der Waals surface area contributed by atoms with E-state index >= 15 is 0 Å². The minimum absolute atomic E-state index is 0.592. The first kappa shape index (κ1) is 12.6. The van der Waals surface area contributed by atoms with Gasteiger partial charge in [0.05, 0.1) is 0 Å². The number of benzene rings is 1. The lowest BCUT2D eigenvalue weighted by Gasteiger charge is -2.08. The van der Waals surface area contributed by atoms with Crippen molar-refractivity contribution in [2.45, 2.75) is 46.6 Å². The lowest BCUT2D eigenvalue weighted by Crippen LogP contribution is -2.18. The standard InChI is InChI=1S/C16H25N/c1-12(2)14-7-5-13(6-8-14)10-17-11-15-9-16(15,3)4/h5-8,12,15,17H,9-11H2,1-4H3. The largest absolute Gasteiger partial charge is 0.312 e. The van der Waals surface area contributed by atoms with Crippen molar-refractivity contribution < 1.29 is 0 Å². The van der Waals surface area contributed by atoms with Gasteiger partial charge in [-0.25, -0.2) is 0 Å². The van der Waals surface area contributed by atoms with E-state index in [2.05, 4.69) is 57.3 Å². The summed E-state index contributed by atoms with van der Waals surface area (Å²) in [5.41, 5.74) is 3.42. The van der Waals surface area contributed by atoms with Crippen LogP contribution >= 0.6 is 0 Å². The maximum atomic E-state index is 3.57. The van der Waals surface area contributed by atoms with E-state index in [4.69, 9.17) is 0 Å². The Hall–Kier alpha value is -0.820. The van der Waals surface area contributed by atoms with Gasteiger partial charge in [-0.2, -0.15) is 0 Å². The highest BCUT2D eigenvalue weighted by Crippen LogP contribution is 2.50. The zero-order valence-corrected chi connectivity index (χ0v) is 11.6. The fraction of sp³-hybridized carbons (Fsp3) is 0.625. The van der Waals surface area contributed by atoms with E-state index in [0.29, 0.717) is 11.3 Å². The van der Waals surface area contributed by atoms with Crippen molar-refractivity contribution in [1.29, 1.82) is 0 Å². The highest BCUT2D eigenvalue weighted by atomic mass is 14.9. The minimum atomic E-state index is 0.592. The summed E-state index contributed by atoms with van der Waals surface area (Å²) < 4.78 is 0. The average molecular weight is 231 g/mol. The van der Waals surface area contributed by atoms with Crippen molar-refractivity contribution >= 4 is 0 Å². The monoisotopic (exact) mass is 231 g/mol. The molecule has 1 unspecified atom stereocenters. The molecule has 0 radical (unpaired) electrons. The molecule has 0 aliphatic heterocycles. The van der Waals surface area contributed by atoms with E-state index < -0.39 is 0 Å². The van der Waals surface area contributed by atoms with Crippen LogP contribution < -0.4 is 5.32 Å². The second kappa shape index (κ2) is 4.81. The SMILES string of the molecule is CC(C)c1ccc(CNCC2CC2(C)C)cc1. The average Bonchev–Trinajstić information content (AvgIpc) is 2.87. The molecule has 1 aliphatic rings. The molecule has 0 heterocycles. The molecule has 1 aromatic rings. The van der Waals surface area contributed by atoms with Gasteiger partial charge in [0.1, 0.15) is 0 Å². The first-order valence-corrected chi connectivity index (χ1v) is 6.78. The molecule has 0 aromatic heterocycles. The third kappa shape index (κ3) is 3.32. The van der Waals surface area contributed by atoms with E-state index in [1.165, 1.54) is 24.1 Å². The van der Waals surface area contributed by atoms with Crippen molar-refractivity contribution in [3.8, 4) is 0 Å². The summed E-state index contributed by atoms with van der Waals surface area (Å²) in [5, 5.41) is 3.57. The zero-order chi connectivity index (χ0) is 12.5. The highest BCUT2D eigenvalue weighted by molar-refractivity contribution is 5.24. The Bertz CT molecular complexity index is 362. The van der Waals surface area contributed by atoms with Gasteiger partial charge in [-0.1, -0.05) is 52.0 Å². The molecular formula is C16H25N. The Labute approximate surface area is 106 Å². The Morgan fingerprint density at radius 3 is 2.29 bits per heavy atom. The van der Waals surface area contributed by atoms with Crippen LogP contribution in [0, 0.1) is 11.3 Å². The van der Waals surface area contributed by atoms with E-state index in [1.54, 1.807) is 0 Å². The van der Waals surface area contributed by atoms with Gasteiger partial charge in [-0.15, -0.1) is 0 Å². The van der Waals surface area contributed by atoms with Crippen molar-refractivity contribution in [3.63, 3.8) is 0 Å². The van der Waals surface area contributed by atoms with E-state index in [-0.39, 0.29) is 0 Å². The van der Waals surface area contributed by atoms with Gasteiger partial charge in [-0.3, -0.25) is 0 Å². The lowest BCUT2D eigenvalue weighted by atomic mass is 10.0. The summed E-state index contributed by atoms with van der Waals surface area (Å²) >= 11 is 0. The molecule has 0 saturated heterocycles. The molecule has 0 spiro atoms. The second-order valence-corrected chi connectivity index (χ2v) is 6.42. The maximum absolute atomic E-state index is 3.57. The minimum Gasteiger partial charge on any atom is -0.312 e. The maximum Gasteiger partial charge on any atom is 0.0205 e. The molecule has 1 nitrogen and oxygen atoms in total. The van der Waals surface area contributed by atoms with Crippen molar-refractivity contribution in [2.75, 3.05) is 6.54 Å². The van der Waals surface area contributed by atoms with Gasteiger partial charge < -0.3 is 5.32 Å². The molecule has 1 heteroatoms. The van der Waals surface area contributed by atoms with Gasteiger partial charge in [-0.05, 0) is 41.3 Å². The smallest absolute Gasteiger partial charge is 0.0205 e. The molecule has 0 amide bonds. The molecule has 1 aliphatic carbocycles. The van der Waals surface area contributed by atoms with Crippen LogP contribution in [0.3, 0.4) is 0 Å². The topological polar surface area (TPSA) is 12.0 Å². The van der Waals surface area contributed by atoms with Crippen molar-refractivity contribution in [1.82, 2.24) is 5.32 Å². The van der Waals surface area contributed by atoms with E-state index in [1.807, 2.05) is 0 Å².